The van der Waals surface area contributed by atoms with Gasteiger partial charge in [-0.05, 0) is 13.8 Å². The van der Waals surface area contributed by atoms with Gasteiger partial charge in [0.2, 0.25) is 5.95 Å². The zero-order valence-corrected chi connectivity index (χ0v) is 14.6. The quantitative estimate of drug-likeness (QED) is 0.729. The van der Waals surface area contributed by atoms with E-state index in [1.165, 1.54) is 0 Å². The first-order valence-corrected chi connectivity index (χ1v) is 8.71. The molecule has 0 spiro atoms. The number of aryl methyl sites for hydroxylation is 2. The van der Waals surface area contributed by atoms with Gasteiger partial charge in [0.05, 0.1) is 30.4 Å². The number of nitrogen functional groups attached to an aromatic ring is 1. The number of nitrogens with zero attached hydrogens (tertiary/aromatic N) is 5. The van der Waals surface area contributed by atoms with E-state index in [-0.39, 0.29) is 5.95 Å². The minimum absolute atomic E-state index is 0.283. The van der Waals surface area contributed by atoms with Gasteiger partial charge in [-0.15, -0.1) is 11.8 Å². The molecule has 0 amide bonds. The average molecular weight is 342 g/mol. The van der Waals surface area contributed by atoms with Gasteiger partial charge < -0.3 is 10.5 Å². The molecule has 7 nitrogen and oxygen atoms in total. The van der Waals surface area contributed by atoms with Crippen molar-refractivity contribution in [3.63, 3.8) is 0 Å². The Hall–Kier alpha value is -2.35. The number of aromatic nitrogens is 5. The van der Waals surface area contributed by atoms with Gasteiger partial charge in [0.15, 0.2) is 5.65 Å². The molecule has 1 aliphatic heterocycles. The maximum absolute atomic E-state index is 5.88. The van der Waals surface area contributed by atoms with E-state index in [0.717, 1.165) is 56.5 Å². The Morgan fingerprint density at radius 2 is 2.17 bits per heavy atom. The van der Waals surface area contributed by atoms with Crippen LogP contribution in [0.3, 0.4) is 0 Å². The van der Waals surface area contributed by atoms with Crippen molar-refractivity contribution in [1.82, 2.24) is 24.7 Å². The summed E-state index contributed by atoms with van der Waals surface area (Å²) in [6, 6.07) is 0. The van der Waals surface area contributed by atoms with Crippen molar-refractivity contribution in [2.24, 2.45) is 0 Å². The summed E-state index contributed by atoms with van der Waals surface area (Å²) >= 11 is 1.71. The molecule has 1 aliphatic rings. The fraction of sp³-hybridized carbons (Fsp3) is 0.375. The molecule has 4 rings (SSSR count). The molecule has 3 aromatic heterocycles. The van der Waals surface area contributed by atoms with Crippen LogP contribution in [-0.2, 0) is 13.0 Å². The number of hydrogen-bond acceptors (Lipinski definition) is 7. The average Bonchev–Trinajstić information content (AvgIpc) is 2.90. The Morgan fingerprint density at radius 3 is 2.96 bits per heavy atom. The number of methoxy groups -OCH3 is 1. The van der Waals surface area contributed by atoms with Crippen LogP contribution >= 0.6 is 11.8 Å². The number of nitrogens with two attached hydrogens (primary N) is 1. The molecule has 3 aromatic rings. The molecule has 24 heavy (non-hydrogen) atoms. The van der Waals surface area contributed by atoms with Gasteiger partial charge in [-0.2, -0.15) is 10.1 Å². The lowest BCUT2D eigenvalue weighted by molar-refractivity contribution is 0.406. The summed E-state index contributed by atoms with van der Waals surface area (Å²) in [7, 11) is 1.68. The number of anilines is 1. The van der Waals surface area contributed by atoms with Crippen LogP contribution in [0.15, 0.2) is 11.2 Å². The minimum Gasteiger partial charge on any atom is -0.496 e. The fourth-order valence-electron chi connectivity index (χ4n) is 3.13. The summed E-state index contributed by atoms with van der Waals surface area (Å²) in [5.41, 5.74) is 10.7. The van der Waals surface area contributed by atoms with Gasteiger partial charge in [-0.3, -0.25) is 4.98 Å². The topological polar surface area (TPSA) is 91.7 Å². The molecular weight excluding hydrogens is 324 g/mol. The second kappa shape index (κ2) is 5.62. The van der Waals surface area contributed by atoms with Crippen molar-refractivity contribution in [2.75, 3.05) is 18.6 Å². The van der Waals surface area contributed by atoms with Gasteiger partial charge in [-0.1, -0.05) is 0 Å². The lowest BCUT2D eigenvalue weighted by atomic mass is 10.1. The summed E-state index contributed by atoms with van der Waals surface area (Å²) in [5, 5.41) is 6.69. The summed E-state index contributed by atoms with van der Waals surface area (Å²) in [5.74, 6) is 2.11. The van der Waals surface area contributed by atoms with Gasteiger partial charge in [0.25, 0.3) is 0 Å². The molecule has 124 valence electrons. The van der Waals surface area contributed by atoms with Crippen LogP contribution in [0.4, 0.5) is 5.95 Å². The summed E-state index contributed by atoms with van der Waals surface area (Å²) in [4.78, 5) is 13.3. The van der Waals surface area contributed by atoms with Crippen LogP contribution in [0.2, 0.25) is 0 Å². The van der Waals surface area contributed by atoms with Crippen molar-refractivity contribution in [3.05, 3.63) is 28.7 Å². The lowest BCUT2D eigenvalue weighted by Crippen LogP contribution is -2.09. The maximum atomic E-state index is 5.88. The third kappa shape index (κ3) is 2.29. The molecule has 8 heteroatoms. The number of rotatable bonds is 3. The van der Waals surface area contributed by atoms with E-state index >= 15 is 0 Å². The highest BCUT2D eigenvalue weighted by molar-refractivity contribution is 7.99. The minimum atomic E-state index is 0.283. The molecular formula is C16H18N6OS. The Balaban J connectivity index is 1.85. The summed E-state index contributed by atoms with van der Waals surface area (Å²) in [6.45, 7) is 4.53. The van der Waals surface area contributed by atoms with Crippen molar-refractivity contribution >= 4 is 28.7 Å². The van der Waals surface area contributed by atoms with E-state index in [2.05, 4.69) is 15.0 Å². The van der Waals surface area contributed by atoms with E-state index in [0.29, 0.717) is 6.54 Å². The number of thioether (sulfide) groups is 1. The largest absolute Gasteiger partial charge is 0.496 e. The number of hydrogen-bond donors (Lipinski definition) is 1. The van der Waals surface area contributed by atoms with E-state index in [1.54, 1.807) is 18.9 Å². The molecule has 0 saturated carbocycles. The lowest BCUT2D eigenvalue weighted by Gasteiger charge is -2.12. The highest BCUT2D eigenvalue weighted by atomic mass is 32.2. The predicted molar refractivity (Wildman–Crippen MR) is 93.5 cm³/mol. The predicted octanol–water partition coefficient (Wildman–Crippen LogP) is 2.13. The van der Waals surface area contributed by atoms with Crippen LogP contribution in [0.25, 0.3) is 11.0 Å². The van der Waals surface area contributed by atoms with Gasteiger partial charge >= 0.3 is 0 Å². The summed E-state index contributed by atoms with van der Waals surface area (Å²) in [6.07, 6.45) is 2.74. The van der Waals surface area contributed by atoms with Crippen molar-refractivity contribution in [3.8, 4) is 5.75 Å². The highest BCUT2D eigenvalue weighted by Gasteiger charge is 2.22. The SMILES string of the molecule is COc1c(C)cnc(Cn2nc3c4c(nc(N)nc42)SCC3)c1C. The Bertz CT molecular complexity index is 952. The van der Waals surface area contributed by atoms with E-state index < -0.39 is 0 Å². The van der Waals surface area contributed by atoms with E-state index in [9.17, 15) is 0 Å². The van der Waals surface area contributed by atoms with E-state index in [4.69, 9.17) is 15.6 Å². The molecule has 4 heterocycles. The van der Waals surface area contributed by atoms with E-state index in [1.807, 2.05) is 24.7 Å². The normalized spacial score (nSPS) is 13.5. The molecule has 0 radical (unpaired) electrons. The maximum Gasteiger partial charge on any atom is 0.223 e. The molecule has 0 atom stereocenters. The van der Waals surface area contributed by atoms with Crippen LogP contribution in [0, 0.1) is 13.8 Å². The van der Waals surface area contributed by atoms with Crippen molar-refractivity contribution < 1.29 is 4.74 Å². The second-order valence-corrected chi connectivity index (χ2v) is 6.92. The third-order valence-electron chi connectivity index (χ3n) is 4.28. The molecule has 0 unspecified atom stereocenters. The highest BCUT2D eigenvalue weighted by Crippen LogP contribution is 2.34. The van der Waals surface area contributed by atoms with Crippen LogP contribution in [-0.4, -0.2) is 37.6 Å². The molecule has 2 N–H and O–H groups in total. The Kier molecular flexibility index (Phi) is 3.56. The first-order chi connectivity index (χ1) is 11.6. The monoisotopic (exact) mass is 342 g/mol. The molecule has 0 fully saturated rings. The van der Waals surface area contributed by atoms with Gasteiger partial charge in [-0.25, -0.2) is 9.67 Å². The van der Waals surface area contributed by atoms with Crippen LogP contribution < -0.4 is 10.5 Å². The Morgan fingerprint density at radius 1 is 1.33 bits per heavy atom. The second-order valence-electron chi connectivity index (χ2n) is 5.83. The molecule has 0 bridgehead atoms. The molecule has 0 aliphatic carbocycles. The number of ether oxygens (including phenoxy) is 1. The van der Waals surface area contributed by atoms with Crippen molar-refractivity contribution in [1.29, 1.82) is 0 Å². The van der Waals surface area contributed by atoms with Crippen LogP contribution in [0.5, 0.6) is 5.75 Å². The molecule has 0 saturated heterocycles. The smallest absolute Gasteiger partial charge is 0.223 e. The molecule has 0 aromatic carbocycles. The van der Waals surface area contributed by atoms with Crippen LogP contribution in [0.1, 0.15) is 22.5 Å². The number of pyridine rings is 1. The van der Waals surface area contributed by atoms with Gasteiger partial charge in [0, 0.05) is 29.5 Å². The Labute approximate surface area is 143 Å². The third-order valence-corrected chi connectivity index (χ3v) is 5.25. The fourth-order valence-corrected chi connectivity index (χ4v) is 4.13. The zero-order valence-electron chi connectivity index (χ0n) is 13.8. The first-order valence-electron chi connectivity index (χ1n) is 7.73. The standard InChI is InChI=1S/C16H18N6OS/c1-8-6-18-11(9(2)13(8)23-3)7-22-14-12-10(21-22)4-5-24-15(12)20-16(17)19-14/h6H,4-5,7H2,1-3H3,(H2,17,19,20). The summed E-state index contributed by atoms with van der Waals surface area (Å²) < 4.78 is 7.37. The first kappa shape index (κ1) is 15.2. The van der Waals surface area contributed by atoms with Gasteiger partial charge in [0.1, 0.15) is 10.8 Å². The zero-order chi connectivity index (χ0) is 16.8. The van der Waals surface area contributed by atoms with Crippen molar-refractivity contribution in [2.45, 2.75) is 31.8 Å².